The summed E-state index contributed by atoms with van der Waals surface area (Å²) in [5.74, 6) is -0.639. The highest BCUT2D eigenvalue weighted by Crippen LogP contribution is 2.68. The molecule has 0 saturated heterocycles. The summed E-state index contributed by atoms with van der Waals surface area (Å²) in [6, 6.07) is 13.4. The van der Waals surface area contributed by atoms with Gasteiger partial charge in [-0.2, -0.15) is 5.26 Å². The highest BCUT2D eigenvalue weighted by Gasteiger charge is 2.40. The molecular formula is C28H16N2O6S6. The number of nitriles is 1. The quantitative estimate of drug-likeness (QED) is 0.154. The van der Waals surface area contributed by atoms with E-state index in [1.165, 1.54) is 24.3 Å². The van der Waals surface area contributed by atoms with Crippen molar-refractivity contribution >= 4 is 78.9 Å². The van der Waals surface area contributed by atoms with Crippen LogP contribution in [0, 0.1) is 17.9 Å². The van der Waals surface area contributed by atoms with E-state index in [0.29, 0.717) is 11.1 Å². The first-order valence-electron chi connectivity index (χ1n) is 11.5. The summed E-state index contributed by atoms with van der Waals surface area (Å²) >= 11 is 3.27. The molecule has 210 valence electrons. The van der Waals surface area contributed by atoms with E-state index in [0.717, 1.165) is 47.0 Å². The van der Waals surface area contributed by atoms with Crippen LogP contribution in [-0.4, -0.2) is 27.0 Å². The lowest BCUT2D eigenvalue weighted by molar-refractivity contribution is 0.411. The molecule has 0 saturated carbocycles. The zero-order chi connectivity index (χ0) is 30.4. The second-order valence-corrected chi connectivity index (χ2v) is 16.8. The highest BCUT2D eigenvalue weighted by molar-refractivity contribution is 8.26. The van der Waals surface area contributed by atoms with Gasteiger partial charge in [0.05, 0.1) is 44.4 Å². The van der Waals surface area contributed by atoms with E-state index in [4.69, 9.17) is 6.57 Å². The van der Waals surface area contributed by atoms with Crippen molar-refractivity contribution in [2.45, 2.75) is 29.4 Å². The fourth-order valence-corrected chi connectivity index (χ4v) is 12.6. The Morgan fingerprint density at radius 3 is 1.48 bits per heavy atom. The molecule has 8 nitrogen and oxygen atoms in total. The van der Waals surface area contributed by atoms with E-state index in [1.54, 1.807) is 42.5 Å². The van der Waals surface area contributed by atoms with Gasteiger partial charge in [0.2, 0.25) is 19.7 Å². The van der Waals surface area contributed by atoms with Crippen LogP contribution in [0.3, 0.4) is 0 Å². The number of rotatable bonds is 6. The zero-order valence-corrected chi connectivity index (χ0v) is 26.0. The number of thioether (sulfide) groups is 4. The molecule has 0 aromatic heterocycles. The maximum Gasteiger partial charge on any atom is 0.303 e. The Morgan fingerprint density at radius 1 is 0.738 bits per heavy atom. The lowest BCUT2D eigenvalue weighted by atomic mass is 10.2. The van der Waals surface area contributed by atoms with Gasteiger partial charge in [-0.1, -0.05) is 96.6 Å². The molecule has 2 aliphatic rings. The molecule has 14 heteroatoms. The molecule has 0 bridgehead atoms. The molecule has 0 radical (unpaired) electrons. The summed E-state index contributed by atoms with van der Waals surface area (Å²) in [5.41, 5.74) is 1.40. The van der Waals surface area contributed by atoms with E-state index in [-0.39, 0.29) is 49.3 Å². The number of hydrogen-bond acceptors (Lipinski definition) is 11. The van der Waals surface area contributed by atoms with E-state index < -0.39 is 29.6 Å². The van der Waals surface area contributed by atoms with Crippen molar-refractivity contribution in [2.75, 3.05) is 0 Å². The first-order chi connectivity index (χ1) is 20.0. The molecule has 42 heavy (non-hydrogen) atoms. The van der Waals surface area contributed by atoms with Gasteiger partial charge in [0.1, 0.15) is 17.6 Å². The fraction of sp³-hybridized carbons (Fsp3) is 0. The SMILES string of the molecule is [C-]#[N+]C(=C1Sc2c(O)c3c(c(O)c2S1)SC(=C(C#N)S(=O)(=O)c1ccc(C=C)cc1)S3)S(=O)(=O)c1ccc(C=C)cc1. The Morgan fingerprint density at radius 2 is 1.12 bits per heavy atom. The summed E-state index contributed by atoms with van der Waals surface area (Å²) in [4.78, 5) is 3.05. The lowest BCUT2D eigenvalue weighted by Gasteiger charge is -2.08. The highest BCUT2D eigenvalue weighted by atomic mass is 32.2. The number of benzene rings is 3. The van der Waals surface area contributed by atoms with Crippen LogP contribution in [-0.2, 0) is 19.7 Å². The summed E-state index contributed by atoms with van der Waals surface area (Å²) in [7, 11) is -8.45. The number of sulfone groups is 2. The van der Waals surface area contributed by atoms with Gasteiger partial charge < -0.3 is 10.2 Å². The zero-order valence-electron chi connectivity index (χ0n) is 21.1. The second kappa shape index (κ2) is 11.3. The van der Waals surface area contributed by atoms with E-state index >= 15 is 0 Å². The monoisotopic (exact) mass is 668 g/mol. The molecule has 2 aliphatic heterocycles. The predicted octanol–water partition coefficient (Wildman–Crippen LogP) is 7.47. The Labute approximate surface area is 259 Å². The molecule has 5 rings (SSSR count). The third-order valence-electron chi connectivity index (χ3n) is 5.99. The van der Waals surface area contributed by atoms with Crippen molar-refractivity contribution in [1.29, 1.82) is 5.26 Å². The van der Waals surface area contributed by atoms with Crippen LogP contribution in [0.5, 0.6) is 11.5 Å². The first-order valence-corrected chi connectivity index (χ1v) is 17.8. The van der Waals surface area contributed by atoms with Crippen LogP contribution >= 0.6 is 47.0 Å². The van der Waals surface area contributed by atoms with Gasteiger partial charge >= 0.3 is 5.03 Å². The van der Waals surface area contributed by atoms with Crippen LogP contribution in [0.25, 0.3) is 17.0 Å². The normalized spacial score (nSPS) is 14.0. The number of phenols is 2. The molecule has 0 aliphatic carbocycles. The predicted molar refractivity (Wildman–Crippen MR) is 167 cm³/mol. The van der Waals surface area contributed by atoms with Crippen LogP contribution in [0.2, 0.25) is 0 Å². The molecular weight excluding hydrogens is 653 g/mol. The fourth-order valence-electron chi connectivity index (χ4n) is 3.83. The third-order valence-corrected chi connectivity index (χ3v) is 15.1. The topological polar surface area (TPSA) is 137 Å². The molecule has 0 fully saturated rings. The number of nitrogens with zero attached hydrogens (tertiary/aromatic N) is 2. The first kappa shape index (κ1) is 30.0. The second-order valence-electron chi connectivity index (χ2n) is 8.41. The average Bonchev–Trinajstić information content (AvgIpc) is 3.63. The summed E-state index contributed by atoms with van der Waals surface area (Å²) < 4.78 is 53.3. The molecule has 0 spiro atoms. The van der Waals surface area contributed by atoms with Crippen LogP contribution in [0.4, 0.5) is 0 Å². The number of allylic oxidation sites excluding steroid dienone is 1. The molecule has 3 aromatic carbocycles. The molecule has 0 atom stereocenters. The van der Waals surface area contributed by atoms with Gasteiger partial charge in [-0.15, -0.1) is 0 Å². The maximum atomic E-state index is 13.3. The largest absolute Gasteiger partial charge is 0.505 e. The van der Waals surface area contributed by atoms with Crippen molar-refractivity contribution in [2.24, 2.45) is 0 Å². The standard InChI is InChI=1S/C28H16N2O6S6/c1-4-15-6-10-17(11-7-15)41(33,34)19(14-29)27-37-22-20(31)24-25(21(32)23(22)38-27)40-28(39-24)26(30-3)42(35,36)18-12-8-16(5-2)9-13-18/h4-13,31-32H,1-2H2. The Bertz CT molecular complexity index is 1880. The van der Waals surface area contributed by atoms with Crippen molar-refractivity contribution in [3.63, 3.8) is 0 Å². The van der Waals surface area contributed by atoms with Gasteiger partial charge in [0.25, 0.3) is 0 Å². The van der Waals surface area contributed by atoms with Crippen molar-refractivity contribution in [3.05, 3.63) is 103 Å². The minimum absolute atomic E-state index is 0.0488. The van der Waals surface area contributed by atoms with Crippen molar-refractivity contribution in [1.82, 2.24) is 0 Å². The Balaban J connectivity index is 1.54. The van der Waals surface area contributed by atoms with Crippen LogP contribution in [0.1, 0.15) is 11.1 Å². The summed E-state index contributed by atoms with van der Waals surface area (Å²) in [5, 5.41) is 31.6. The number of phenolic OH excluding ortho intramolecular Hbond substituents is 2. The van der Waals surface area contributed by atoms with Crippen LogP contribution in [0.15, 0.2) is 109 Å². The smallest absolute Gasteiger partial charge is 0.303 e. The van der Waals surface area contributed by atoms with Gasteiger partial charge in [0.15, 0.2) is 4.91 Å². The molecule has 3 aromatic rings. The van der Waals surface area contributed by atoms with Crippen molar-refractivity contribution < 1.29 is 27.0 Å². The molecule has 0 amide bonds. The van der Waals surface area contributed by atoms with Gasteiger partial charge in [-0.25, -0.2) is 21.7 Å². The molecule has 0 unspecified atom stereocenters. The minimum atomic E-state index is -4.23. The third kappa shape index (κ3) is 4.94. The molecule has 2 heterocycles. The van der Waals surface area contributed by atoms with Crippen LogP contribution < -0.4 is 0 Å². The number of fused-ring (bicyclic) bond motifs is 2. The van der Waals surface area contributed by atoms with Gasteiger partial charge in [-0.3, -0.25) is 0 Å². The van der Waals surface area contributed by atoms with Gasteiger partial charge in [-0.05, 0) is 35.4 Å². The lowest BCUT2D eigenvalue weighted by Crippen LogP contribution is -2.04. The maximum absolute atomic E-state index is 13.3. The van der Waals surface area contributed by atoms with Crippen molar-refractivity contribution in [3.8, 4) is 17.6 Å². The Hall–Kier alpha value is -3.50. The Kier molecular flexibility index (Phi) is 8.06. The summed E-state index contributed by atoms with van der Waals surface area (Å²) in [6.45, 7) is 14.9. The minimum Gasteiger partial charge on any atom is -0.505 e. The van der Waals surface area contributed by atoms with E-state index in [2.05, 4.69) is 18.0 Å². The van der Waals surface area contributed by atoms with Gasteiger partial charge in [0, 0.05) is 0 Å². The van der Waals surface area contributed by atoms with E-state index in [9.17, 15) is 32.3 Å². The summed E-state index contributed by atoms with van der Waals surface area (Å²) in [6.07, 6.45) is 3.11. The average molecular weight is 669 g/mol. The number of aromatic hydroxyl groups is 2. The molecule has 2 N–H and O–H groups in total. The number of hydrogen-bond donors (Lipinski definition) is 2. The van der Waals surface area contributed by atoms with E-state index in [1.807, 2.05) is 0 Å².